The van der Waals surface area contributed by atoms with Gasteiger partial charge in [-0.1, -0.05) is 66.7 Å². The summed E-state index contributed by atoms with van der Waals surface area (Å²) in [7, 11) is 3.40. The van der Waals surface area contributed by atoms with Gasteiger partial charge in [-0.15, -0.1) is 0 Å². The van der Waals surface area contributed by atoms with Crippen LogP contribution in [0, 0.1) is 0 Å². The van der Waals surface area contributed by atoms with E-state index in [1.807, 2.05) is 72.8 Å². The van der Waals surface area contributed by atoms with E-state index in [1.54, 1.807) is 38.7 Å². The van der Waals surface area contributed by atoms with Gasteiger partial charge in [-0.3, -0.25) is 14.4 Å². The van der Waals surface area contributed by atoms with Gasteiger partial charge >= 0.3 is 0 Å². The number of imidazole rings is 1. The predicted octanol–water partition coefficient (Wildman–Crippen LogP) is 4.38. The van der Waals surface area contributed by atoms with Gasteiger partial charge < -0.3 is 20.5 Å². The number of nitrogens with one attached hydrogen (secondary N) is 1. The number of hydrogen-bond acceptors (Lipinski definition) is 5. The van der Waals surface area contributed by atoms with E-state index < -0.39 is 23.4 Å². The molecule has 1 heterocycles. The van der Waals surface area contributed by atoms with Gasteiger partial charge in [0.15, 0.2) is 5.82 Å². The van der Waals surface area contributed by atoms with Crippen molar-refractivity contribution in [1.82, 2.24) is 14.5 Å². The maximum absolute atomic E-state index is 13.3. The Bertz CT molecular complexity index is 1570. The highest BCUT2D eigenvalue weighted by Gasteiger charge is 2.26. The smallest absolute Gasteiger partial charge is 0.271 e. The lowest BCUT2D eigenvalue weighted by molar-refractivity contribution is -0.131. The number of aryl methyl sites for hydroxylation is 1. The summed E-state index contributed by atoms with van der Waals surface area (Å²) in [6, 6.07) is 23.0. The van der Waals surface area contributed by atoms with Gasteiger partial charge in [-0.2, -0.15) is 0 Å². The van der Waals surface area contributed by atoms with Crippen molar-refractivity contribution in [1.29, 1.82) is 0 Å². The molecule has 41 heavy (non-hydrogen) atoms. The summed E-state index contributed by atoms with van der Waals surface area (Å²) >= 11 is 0. The molecule has 3 aromatic carbocycles. The zero-order valence-electron chi connectivity index (χ0n) is 23.9. The van der Waals surface area contributed by atoms with E-state index in [9.17, 15) is 14.4 Å². The molecule has 0 spiro atoms. The van der Waals surface area contributed by atoms with Gasteiger partial charge in [-0.25, -0.2) is 9.98 Å². The van der Waals surface area contributed by atoms with Crippen molar-refractivity contribution in [3.05, 3.63) is 96.4 Å². The normalized spacial score (nSPS) is 12.7. The summed E-state index contributed by atoms with van der Waals surface area (Å²) in [6.45, 7) is 3.10. The Morgan fingerprint density at radius 1 is 1.00 bits per heavy atom. The maximum atomic E-state index is 13.3. The van der Waals surface area contributed by atoms with E-state index in [1.165, 1.54) is 11.2 Å². The van der Waals surface area contributed by atoms with Crippen LogP contribution >= 0.6 is 0 Å². The minimum atomic E-state index is -1.22. The van der Waals surface area contributed by atoms with Crippen LogP contribution in [0.5, 0.6) is 0 Å². The number of amides is 3. The maximum Gasteiger partial charge on any atom is 0.271 e. The molecule has 0 fully saturated rings. The second kappa shape index (κ2) is 12.7. The summed E-state index contributed by atoms with van der Waals surface area (Å²) in [4.78, 5) is 49.1. The second-order valence-electron chi connectivity index (χ2n) is 10.8. The van der Waals surface area contributed by atoms with Gasteiger partial charge in [0.05, 0.1) is 11.9 Å². The third kappa shape index (κ3) is 7.52. The number of aliphatic imine (C=N–C) groups is 1. The zero-order valence-corrected chi connectivity index (χ0v) is 23.9. The molecule has 0 aliphatic rings. The first-order valence-corrected chi connectivity index (χ1v) is 13.5. The third-order valence-electron chi connectivity index (χ3n) is 6.68. The van der Waals surface area contributed by atoms with Crippen molar-refractivity contribution in [2.75, 3.05) is 19.4 Å². The number of rotatable bonds is 10. The van der Waals surface area contributed by atoms with Gasteiger partial charge in [0.25, 0.3) is 11.8 Å². The minimum Gasteiger partial charge on any atom is -0.347 e. The second-order valence-corrected chi connectivity index (χ2v) is 10.8. The van der Waals surface area contributed by atoms with Crippen molar-refractivity contribution >= 4 is 40.0 Å². The molecular formula is C32H36N6O3. The number of nitrogens with two attached hydrogens (primary N) is 1. The average Bonchev–Trinajstić information content (AvgIpc) is 3.40. The standard InChI is InChI=1S/C32H36N6O3/c1-32(2,33)31(41)35-26(16-10-13-22-11-6-5-7-12-22)29(39)36-27-20-38(21-34-27)28(30(40)37(3)4)25-18-17-23-14-8-9-15-24(23)19-25/h5-9,11-12,14-15,17-21,28H,10,13,16,33H2,1-4H3,(H,36,39). The lowest BCUT2D eigenvalue weighted by atomic mass is 10.0. The van der Waals surface area contributed by atoms with Gasteiger partial charge in [0.1, 0.15) is 11.8 Å². The van der Waals surface area contributed by atoms with Gasteiger partial charge in [0.2, 0.25) is 5.91 Å². The number of carbonyl (C=O) groups is 3. The molecule has 1 atom stereocenters. The van der Waals surface area contributed by atoms with E-state index in [0.717, 1.165) is 28.3 Å². The summed E-state index contributed by atoms with van der Waals surface area (Å²) in [5, 5.41) is 4.84. The van der Waals surface area contributed by atoms with E-state index >= 15 is 0 Å². The van der Waals surface area contributed by atoms with Crippen LogP contribution in [0.1, 0.15) is 43.9 Å². The number of aromatic nitrogens is 2. The SMILES string of the molecule is CN(C)C(=O)C(c1ccc2ccccc2c1)n1cnc(NC(=O)C(CCCc2ccccc2)=NC(=O)C(C)(C)N)c1. The Balaban J connectivity index is 1.57. The molecule has 0 aliphatic heterocycles. The monoisotopic (exact) mass is 552 g/mol. The van der Waals surface area contributed by atoms with Crippen LogP contribution in [0.2, 0.25) is 0 Å². The molecule has 0 saturated carbocycles. The summed E-state index contributed by atoms with van der Waals surface area (Å²) < 4.78 is 1.67. The highest BCUT2D eigenvalue weighted by Crippen LogP contribution is 2.26. The molecule has 9 nitrogen and oxygen atoms in total. The summed E-state index contributed by atoms with van der Waals surface area (Å²) in [6.07, 6.45) is 4.74. The Labute approximate surface area is 240 Å². The van der Waals surface area contributed by atoms with Gasteiger partial charge in [0, 0.05) is 20.3 Å². The van der Waals surface area contributed by atoms with Crippen molar-refractivity contribution in [2.45, 2.75) is 44.7 Å². The fourth-order valence-corrected chi connectivity index (χ4v) is 4.39. The van der Waals surface area contributed by atoms with Crippen molar-refractivity contribution < 1.29 is 14.4 Å². The number of nitrogens with zero attached hydrogens (tertiary/aromatic N) is 4. The lowest BCUT2D eigenvalue weighted by Gasteiger charge is -2.22. The molecule has 1 aromatic heterocycles. The Hall–Kier alpha value is -4.63. The number of anilines is 1. The predicted molar refractivity (Wildman–Crippen MR) is 162 cm³/mol. The van der Waals surface area contributed by atoms with Crippen LogP contribution in [0.15, 0.2) is 90.3 Å². The van der Waals surface area contributed by atoms with Crippen LogP contribution in [0.4, 0.5) is 5.82 Å². The molecule has 3 amide bonds. The highest BCUT2D eigenvalue weighted by atomic mass is 16.2. The number of fused-ring (bicyclic) bond motifs is 1. The molecule has 4 rings (SSSR count). The minimum absolute atomic E-state index is 0.0782. The van der Waals surface area contributed by atoms with Crippen LogP contribution < -0.4 is 11.1 Å². The topological polar surface area (TPSA) is 123 Å². The zero-order chi connectivity index (χ0) is 29.6. The van der Waals surface area contributed by atoms with Crippen LogP contribution in [-0.2, 0) is 20.8 Å². The van der Waals surface area contributed by atoms with Crippen LogP contribution in [0.3, 0.4) is 0 Å². The first kappa shape index (κ1) is 29.4. The van der Waals surface area contributed by atoms with Crippen molar-refractivity contribution in [3.63, 3.8) is 0 Å². The van der Waals surface area contributed by atoms with E-state index in [0.29, 0.717) is 6.42 Å². The number of benzene rings is 3. The Morgan fingerprint density at radius 3 is 2.37 bits per heavy atom. The number of likely N-dealkylation sites (N-methyl/N-ethyl adjacent to an activating group) is 1. The molecule has 0 bridgehead atoms. The van der Waals surface area contributed by atoms with E-state index in [4.69, 9.17) is 5.73 Å². The van der Waals surface area contributed by atoms with Crippen molar-refractivity contribution in [2.24, 2.45) is 10.7 Å². The molecule has 0 saturated heterocycles. The summed E-state index contributed by atoms with van der Waals surface area (Å²) in [5.74, 6) is -1.03. The quantitative estimate of drug-likeness (QED) is 0.283. The van der Waals surface area contributed by atoms with E-state index in [2.05, 4.69) is 15.3 Å². The molecule has 212 valence electrons. The van der Waals surface area contributed by atoms with Crippen molar-refractivity contribution in [3.8, 4) is 0 Å². The van der Waals surface area contributed by atoms with Crippen LogP contribution in [0.25, 0.3) is 10.8 Å². The van der Waals surface area contributed by atoms with E-state index in [-0.39, 0.29) is 23.9 Å². The Kier molecular flexibility index (Phi) is 9.09. The highest BCUT2D eigenvalue weighted by molar-refractivity contribution is 6.44. The molecular weight excluding hydrogens is 516 g/mol. The fourth-order valence-electron chi connectivity index (χ4n) is 4.39. The first-order chi connectivity index (χ1) is 19.5. The molecule has 9 heteroatoms. The Morgan fingerprint density at radius 2 is 1.68 bits per heavy atom. The summed E-state index contributed by atoms with van der Waals surface area (Å²) in [5.41, 5.74) is 6.72. The molecule has 0 aliphatic carbocycles. The third-order valence-corrected chi connectivity index (χ3v) is 6.68. The number of carbonyl (C=O) groups excluding carboxylic acids is 3. The van der Waals surface area contributed by atoms with Crippen LogP contribution in [-0.4, -0.2) is 57.5 Å². The fraction of sp³-hybridized carbons (Fsp3) is 0.281. The lowest BCUT2D eigenvalue weighted by Crippen LogP contribution is -2.41. The largest absolute Gasteiger partial charge is 0.347 e. The molecule has 0 radical (unpaired) electrons. The average molecular weight is 553 g/mol. The van der Waals surface area contributed by atoms with Gasteiger partial charge in [-0.05, 0) is 61.1 Å². The molecule has 3 N–H and O–H groups in total. The first-order valence-electron chi connectivity index (χ1n) is 13.5. The number of hydrogen-bond donors (Lipinski definition) is 2. The molecule has 4 aromatic rings. The molecule has 1 unspecified atom stereocenters.